The van der Waals surface area contributed by atoms with Crippen LogP contribution in [0.1, 0.15) is 28.7 Å². The molecule has 2 heterocycles. The van der Waals surface area contributed by atoms with Gasteiger partial charge in [-0.15, -0.1) is 0 Å². The fourth-order valence-electron chi connectivity index (χ4n) is 2.62. The van der Waals surface area contributed by atoms with Gasteiger partial charge in [0.1, 0.15) is 0 Å². The first-order valence-electron chi connectivity index (χ1n) is 8.53. The van der Waals surface area contributed by atoms with Crippen molar-refractivity contribution in [1.29, 1.82) is 0 Å². The molecule has 0 N–H and O–H groups in total. The van der Waals surface area contributed by atoms with Crippen LogP contribution in [0.3, 0.4) is 0 Å². The van der Waals surface area contributed by atoms with Crippen LogP contribution in [0.2, 0.25) is 0 Å². The van der Waals surface area contributed by atoms with Gasteiger partial charge >= 0.3 is 5.97 Å². The lowest BCUT2D eigenvalue weighted by Gasteiger charge is -2.03. The summed E-state index contributed by atoms with van der Waals surface area (Å²) in [4.78, 5) is 24.9. The smallest absolute Gasteiger partial charge is 0.338 e. The molecule has 4 aromatic rings. The standard InChI is InChI=1S/C20H16N4O3/c1-2-13-3-5-14(6-4-13)19-23-18(27-24-19)12-26-20(25)15-7-8-16-17(11-15)22-10-9-21-16/h3-11H,2,12H2,1H3. The summed E-state index contributed by atoms with van der Waals surface area (Å²) in [6.07, 6.45) is 4.14. The molecule has 0 bridgehead atoms. The molecule has 7 heteroatoms. The molecule has 134 valence electrons. The number of hydrogen-bond donors (Lipinski definition) is 0. The molecule has 2 aromatic heterocycles. The first-order chi connectivity index (χ1) is 13.2. The predicted molar refractivity (Wildman–Crippen MR) is 97.8 cm³/mol. The molecule has 0 radical (unpaired) electrons. The van der Waals surface area contributed by atoms with E-state index >= 15 is 0 Å². The van der Waals surface area contributed by atoms with Crippen LogP contribution in [0.15, 0.2) is 59.4 Å². The molecular formula is C20H16N4O3. The van der Waals surface area contributed by atoms with Crippen molar-refractivity contribution in [2.24, 2.45) is 0 Å². The first kappa shape index (κ1) is 16.8. The van der Waals surface area contributed by atoms with Crippen LogP contribution in [0.5, 0.6) is 0 Å². The average Bonchev–Trinajstić information content (AvgIpc) is 3.21. The number of nitrogens with zero attached hydrogens (tertiary/aromatic N) is 4. The van der Waals surface area contributed by atoms with Crippen molar-refractivity contribution in [3.8, 4) is 11.4 Å². The third-order valence-electron chi connectivity index (χ3n) is 4.12. The minimum Gasteiger partial charge on any atom is -0.452 e. The van der Waals surface area contributed by atoms with E-state index in [4.69, 9.17) is 9.26 Å². The van der Waals surface area contributed by atoms with Gasteiger partial charge in [-0.05, 0) is 30.2 Å². The van der Waals surface area contributed by atoms with Crippen molar-refractivity contribution in [3.05, 3.63) is 71.9 Å². The number of benzene rings is 2. The van der Waals surface area contributed by atoms with Gasteiger partial charge in [-0.1, -0.05) is 36.3 Å². The monoisotopic (exact) mass is 360 g/mol. The van der Waals surface area contributed by atoms with Crippen LogP contribution >= 0.6 is 0 Å². The molecule has 0 fully saturated rings. The second-order valence-electron chi connectivity index (χ2n) is 5.90. The summed E-state index contributed by atoms with van der Waals surface area (Å²) in [6, 6.07) is 12.9. The fourth-order valence-corrected chi connectivity index (χ4v) is 2.62. The summed E-state index contributed by atoms with van der Waals surface area (Å²) < 4.78 is 10.4. The van der Waals surface area contributed by atoms with Gasteiger partial charge in [-0.3, -0.25) is 9.97 Å². The quantitative estimate of drug-likeness (QED) is 0.502. The van der Waals surface area contributed by atoms with Crippen molar-refractivity contribution < 1.29 is 14.1 Å². The van der Waals surface area contributed by atoms with Crippen LogP contribution in [0.25, 0.3) is 22.4 Å². The van der Waals surface area contributed by atoms with Crippen molar-refractivity contribution >= 4 is 17.0 Å². The third kappa shape index (κ3) is 3.67. The van der Waals surface area contributed by atoms with Gasteiger partial charge in [-0.25, -0.2) is 4.79 Å². The van der Waals surface area contributed by atoms with Gasteiger partial charge in [0.15, 0.2) is 6.61 Å². The molecule has 0 aliphatic carbocycles. The average molecular weight is 360 g/mol. The zero-order valence-electron chi connectivity index (χ0n) is 14.6. The summed E-state index contributed by atoms with van der Waals surface area (Å²) in [5.74, 6) is 0.206. The van der Waals surface area contributed by atoms with Gasteiger partial charge in [0.25, 0.3) is 5.89 Å². The van der Waals surface area contributed by atoms with Gasteiger partial charge in [0, 0.05) is 18.0 Å². The van der Waals surface area contributed by atoms with E-state index in [1.807, 2.05) is 24.3 Å². The number of aryl methyl sites for hydroxylation is 1. The lowest BCUT2D eigenvalue weighted by Crippen LogP contribution is -2.05. The van der Waals surface area contributed by atoms with Crippen LogP contribution in [-0.2, 0) is 17.8 Å². The molecule has 0 unspecified atom stereocenters. The number of carbonyl (C=O) groups excluding carboxylic acids is 1. The minimum atomic E-state index is -0.491. The Labute approximate surface area is 155 Å². The van der Waals surface area contributed by atoms with E-state index in [1.54, 1.807) is 30.6 Å². The molecule has 27 heavy (non-hydrogen) atoms. The van der Waals surface area contributed by atoms with E-state index in [-0.39, 0.29) is 12.5 Å². The van der Waals surface area contributed by atoms with Crippen LogP contribution < -0.4 is 0 Å². The van der Waals surface area contributed by atoms with E-state index < -0.39 is 5.97 Å². The summed E-state index contributed by atoms with van der Waals surface area (Å²) in [5, 5.41) is 3.94. The zero-order chi connectivity index (χ0) is 18.6. The molecule has 0 atom stereocenters. The van der Waals surface area contributed by atoms with Gasteiger partial charge in [-0.2, -0.15) is 4.98 Å². The van der Waals surface area contributed by atoms with E-state index in [1.165, 1.54) is 5.56 Å². The fraction of sp³-hybridized carbons (Fsp3) is 0.150. The van der Waals surface area contributed by atoms with Crippen LogP contribution in [-0.4, -0.2) is 26.1 Å². The van der Waals surface area contributed by atoms with E-state index in [0.717, 1.165) is 12.0 Å². The highest BCUT2D eigenvalue weighted by Crippen LogP contribution is 2.18. The van der Waals surface area contributed by atoms with Crippen molar-refractivity contribution in [1.82, 2.24) is 20.1 Å². The SMILES string of the molecule is CCc1ccc(-c2noc(COC(=O)c3ccc4nccnc4c3)n2)cc1. The number of ether oxygens (including phenoxy) is 1. The highest BCUT2D eigenvalue weighted by molar-refractivity contribution is 5.93. The minimum absolute atomic E-state index is 0.0998. The van der Waals surface area contributed by atoms with Gasteiger partial charge in [0.05, 0.1) is 16.6 Å². The second-order valence-corrected chi connectivity index (χ2v) is 5.90. The molecule has 0 spiro atoms. The molecule has 0 aliphatic rings. The Morgan fingerprint density at radius 3 is 2.59 bits per heavy atom. The highest BCUT2D eigenvalue weighted by atomic mass is 16.6. The Kier molecular flexibility index (Phi) is 4.57. The summed E-state index contributed by atoms with van der Waals surface area (Å²) >= 11 is 0. The molecule has 0 saturated carbocycles. The third-order valence-corrected chi connectivity index (χ3v) is 4.12. The number of aromatic nitrogens is 4. The lowest BCUT2D eigenvalue weighted by molar-refractivity contribution is 0.0430. The second kappa shape index (κ2) is 7.33. The molecule has 4 rings (SSSR count). The van der Waals surface area contributed by atoms with E-state index in [2.05, 4.69) is 27.0 Å². The Balaban J connectivity index is 1.43. The molecule has 2 aromatic carbocycles. The topological polar surface area (TPSA) is 91.0 Å². The number of hydrogen-bond acceptors (Lipinski definition) is 7. The normalized spacial score (nSPS) is 10.9. The predicted octanol–water partition coefficient (Wildman–Crippen LogP) is 3.60. The molecular weight excluding hydrogens is 344 g/mol. The Morgan fingerprint density at radius 1 is 1.04 bits per heavy atom. The van der Waals surface area contributed by atoms with Crippen molar-refractivity contribution in [2.75, 3.05) is 0 Å². The lowest BCUT2D eigenvalue weighted by atomic mass is 10.1. The zero-order valence-corrected chi connectivity index (χ0v) is 14.6. The van der Waals surface area contributed by atoms with Crippen LogP contribution in [0, 0.1) is 0 Å². The number of fused-ring (bicyclic) bond motifs is 1. The first-order valence-corrected chi connectivity index (χ1v) is 8.53. The maximum Gasteiger partial charge on any atom is 0.338 e. The molecule has 0 saturated heterocycles. The molecule has 7 nitrogen and oxygen atoms in total. The summed E-state index contributed by atoms with van der Waals surface area (Å²) in [5.41, 5.74) is 3.81. The molecule has 0 aliphatic heterocycles. The number of esters is 1. The number of carbonyl (C=O) groups is 1. The molecule has 0 amide bonds. The maximum absolute atomic E-state index is 12.2. The van der Waals surface area contributed by atoms with Gasteiger partial charge in [0.2, 0.25) is 5.82 Å². The van der Waals surface area contributed by atoms with E-state index in [0.29, 0.717) is 22.4 Å². The summed E-state index contributed by atoms with van der Waals surface area (Å²) in [7, 11) is 0. The van der Waals surface area contributed by atoms with Gasteiger partial charge < -0.3 is 9.26 Å². The Hall–Kier alpha value is -3.61. The van der Waals surface area contributed by atoms with E-state index in [9.17, 15) is 4.79 Å². The largest absolute Gasteiger partial charge is 0.452 e. The van der Waals surface area contributed by atoms with Crippen LogP contribution in [0.4, 0.5) is 0 Å². The highest BCUT2D eigenvalue weighted by Gasteiger charge is 2.13. The Morgan fingerprint density at radius 2 is 1.81 bits per heavy atom. The van der Waals surface area contributed by atoms with Crippen molar-refractivity contribution in [3.63, 3.8) is 0 Å². The summed E-state index contributed by atoms with van der Waals surface area (Å²) in [6.45, 7) is 2.00. The Bertz CT molecular complexity index is 1090. The number of rotatable bonds is 5. The van der Waals surface area contributed by atoms with Crippen molar-refractivity contribution in [2.45, 2.75) is 20.0 Å². The maximum atomic E-state index is 12.2.